The van der Waals surface area contributed by atoms with Gasteiger partial charge in [-0.15, -0.1) is 0 Å². The molecule has 0 N–H and O–H groups in total. The summed E-state index contributed by atoms with van der Waals surface area (Å²) in [6.07, 6.45) is 8.71. The van der Waals surface area contributed by atoms with Gasteiger partial charge in [-0.25, -0.2) is 4.39 Å². The van der Waals surface area contributed by atoms with E-state index in [1.54, 1.807) is 32.2 Å². The van der Waals surface area contributed by atoms with Crippen molar-refractivity contribution >= 4 is 16.8 Å². The van der Waals surface area contributed by atoms with Gasteiger partial charge in [0.25, 0.3) is 5.91 Å². The highest BCUT2D eigenvalue weighted by molar-refractivity contribution is 5.99. The van der Waals surface area contributed by atoms with Crippen LogP contribution >= 0.6 is 0 Å². The number of carbonyl (C=O) groups is 1. The zero-order valence-electron chi connectivity index (χ0n) is 25.8. The van der Waals surface area contributed by atoms with Crippen molar-refractivity contribution in [2.24, 2.45) is 17.8 Å². The van der Waals surface area contributed by atoms with E-state index < -0.39 is 11.6 Å². The molecule has 3 aromatic rings. The third-order valence-corrected chi connectivity index (χ3v) is 9.50. The average Bonchev–Trinajstić information content (AvgIpc) is 3.26. The smallest absolute Gasteiger partial charge is 0.256 e. The lowest BCUT2D eigenvalue weighted by atomic mass is 9.69. The molecule has 1 aliphatic carbocycles. The Morgan fingerprint density at radius 2 is 1.83 bits per heavy atom. The Kier molecular flexibility index (Phi) is 8.30. The van der Waals surface area contributed by atoms with Crippen molar-refractivity contribution in [3.63, 3.8) is 0 Å². The Balaban J connectivity index is 1.40. The summed E-state index contributed by atoms with van der Waals surface area (Å²) in [5.74, 6) is 0.633. The number of carbonyl (C=O) groups excluding carboxylic acids is 1. The van der Waals surface area contributed by atoms with Crippen LogP contribution in [0.4, 0.5) is 4.39 Å². The van der Waals surface area contributed by atoms with Crippen molar-refractivity contribution in [2.45, 2.75) is 71.8 Å². The van der Waals surface area contributed by atoms with E-state index in [0.717, 1.165) is 43.4 Å². The molecule has 0 radical (unpaired) electrons. The SMILES string of the molecule is COC1(OC)CC([C@@H](C(C)C)N2CC(Cc3cn(-c4ccc(F)cc4C(=O)N(C)C(C)C)c4cncc(C)c34)C2)C1. The van der Waals surface area contributed by atoms with E-state index in [-0.39, 0.29) is 11.9 Å². The summed E-state index contributed by atoms with van der Waals surface area (Å²) < 4.78 is 27.8. The molecular formula is C33H45FN4O3. The molecule has 1 saturated carbocycles. The number of halogens is 1. The van der Waals surface area contributed by atoms with Crippen molar-refractivity contribution in [2.75, 3.05) is 34.4 Å². The highest BCUT2D eigenvalue weighted by Crippen LogP contribution is 2.47. The third-order valence-electron chi connectivity index (χ3n) is 9.50. The number of benzene rings is 1. The summed E-state index contributed by atoms with van der Waals surface area (Å²) in [4.78, 5) is 22.2. The lowest BCUT2D eigenvalue weighted by Crippen LogP contribution is -2.62. The molecule has 1 amide bonds. The summed E-state index contributed by atoms with van der Waals surface area (Å²) in [6.45, 7) is 12.7. The van der Waals surface area contributed by atoms with Gasteiger partial charge < -0.3 is 18.9 Å². The third kappa shape index (κ3) is 5.42. The van der Waals surface area contributed by atoms with Gasteiger partial charge >= 0.3 is 0 Å². The second kappa shape index (κ2) is 11.5. The van der Waals surface area contributed by atoms with Gasteiger partial charge in [0.05, 0.1) is 23.0 Å². The molecule has 7 nitrogen and oxygen atoms in total. The van der Waals surface area contributed by atoms with E-state index in [1.165, 1.54) is 23.1 Å². The van der Waals surface area contributed by atoms with Crippen LogP contribution < -0.4 is 0 Å². The first-order valence-corrected chi connectivity index (χ1v) is 14.8. The van der Waals surface area contributed by atoms with Gasteiger partial charge in [0.2, 0.25) is 0 Å². The number of methoxy groups -OCH3 is 2. The van der Waals surface area contributed by atoms with Crippen LogP contribution in [0.1, 0.15) is 62.0 Å². The highest BCUT2D eigenvalue weighted by Gasteiger charge is 2.51. The fourth-order valence-electron chi connectivity index (χ4n) is 7.06. The predicted octanol–water partition coefficient (Wildman–Crippen LogP) is 5.85. The molecule has 0 unspecified atom stereocenters. The van der Waals surface area contributed by atoms with Crippen LogP contribution in [-0.4, -0.2) is 77.5 Å². The Morgan fingerprint density at radius 3 is 2.44 bits per heavy atom. The quantitative estimate of drug-likeness (QED) is 0.289. The topological polar surface area (TPSA) is 59.8 Å². The van der Waals surface area contributed by atoms with Crippen molar-refractivity contribution in [1.82, 2.24) is 19.4 Å². The molecule has 3 heterocycles. The second-order valence-corrected chi connectivity index (χ2v) is 12.8. The minimum Gasteiger partial charge on any atom is -0.353 e. The summed E-state index contributed by atoms with van der Waals surface area (Å²) in [5.41, 5.74) is 4.31. The van der Waals surface area contributed by atoms with Gasteiger partial charge in [-0.1, -0.05) is 13.8 Å². The number of likely N-dealkylation sites (tertiary alicyclic amines) is 1. The second-order valence-electron chi connectivity index (χ2n) is 12.8. The van der Waals surface area contributed by atoms with Crippen LogP contribution in [-0.2, 0) is 15.9 Å². The maximum absolute atomic E-state index is 14.4. The minimum absolute atomic E-state index is 0.00363. The fraction of sp³-hybridized carbons (Fsp3) is 0.576. The number of amides is 1. The monoisotopic (exact) mass is 564 g/mol. The molecule has 1 aromatic carbocycles. The van der Waals surface area contributed by atoms with Crippen molar-refractivity contribution in [3.05, 3.63) is 59.3 Å². The average molecular weight is 565 g/mol. The van der Waals surface area contributed by atoms with E-state index in [2.05, 4.69) is 36.9 Å². The molecule has 2 fully saturated rings. The van der Waals surface area contributed by atoms with Crippen LogP contribution in [0.2, 0.25) is 0 Å². The number of aromatic nitrogens is 2. The number of rotatable bonds is 10. The number of pyridine rings is 1. The summed E-state index contributed by atoms with van der Waals surface area (Å²) in [6, 6.07) is 5.00. The largest absolute Gasteiger partial charge is 0.353 e. The number of ether oxygens (including phenoxy) is 2. The zero-order valence-corrected chi connectivity index (χ0v) is 25.8. The van der Waals surface area contributed by atoms with Gasteiger partial charge in [-0.05, 0) is 74.3 Å². The molecule has 1 aliphatic heterocycles. The Hall–Kier alpha value is -2.81. The van der Waals surface area contributed by atoms with E-state index in [0.29, 0.717) is 35.0 Å². The molecule has 8 heteroatoms. The van der Waals surface area contributed by atoms with E-state index >= 15 is 0 Å². The Bertz CT molecular complexity index is 1400. The van der Waals surface area contributed by atoms with Crippen molar-refractivity contribution in [3.8, 4) is 5.69 Å². The van der Waals surface area contributed by atoms with Crippen LogP contribution in [0.5, 0.6) is 0 Å². The van der Waals surface area contributed by atoms with Crippen LogP contribution in [0.3, 0.4) is 0 Å². The number of hydrogen-bond acceptors (Lipinski definition) is 5. The van der Waals surface area contributed by atoms with Gasteiger partial charge in [-0.2, -0.15) is 0 Å². The number of nitrogens with zero attached hydrogens (tertiary/aromatic N) is 4. The molecule has 2 aliphatic rings. The van der Waals surface area contributed by atoms with Crippen LogP contribution in [0.15, 0.2) is 36.8 Å². The maximum atomic E-state index is 14.4. The number of hydrogen-bond donors (Lipinski definition) is 0. The number of fused-ring (bicyclic) bond motifs is 1. The van der Waals surface area contributed by atoms with E-state index in [9.17, 15) is 9.18 Å². The first kappa shape index (κ1) is 29.7. The van der Waals surface area contributed by atoms with Crippen LogP contribution in [0, 0.1) is 30.5 Å². The molecular weight excluding hydrogens is 519 g/mol. The molecule has 2 aromatic heterocycles. The summed E-state index contributed by atoms with van der Waals surface area (Å²) in [7, 11) is 5.24. The van der Waals surface area contributed by atoms with Gasteiger partial charge in [0, 0.05) is 77.1 Å². The molecule has 0 bridgehead atoms. The lowest BCUT2D eigenvalue weighted by molar-refractivity contribution is -0.281. The highest BCUT2D eigenvalue weighted by atomic mass is 19.1. The molecule has 1 atom stereocenters. The van der Waals surface area contributed by atoms with Crippen LogP contribution in [0.25, 0.3) is 16.6 Å². The summed E-state index contributed by atoms with van der Waals surface area (Å²) in [5, 5.41) is 1.17. The normalized spacial score (nSPS) is 18.6. The first-order valence-electron chi connectivity index (χ1n) is 14.8. The molecule has 5 rings (SSSR count). The minimum atomic E-state index is -0.422. The number of aryl methyl sites for hydroxylation is 1. The summed E-state index contributed by atoms with van der Waals surface area (Å²) >= 11 is 0. The van der Waals surface area contributed by atoms with E-state index in [1.807, 2.05) is 30.8 Å². The molecule has 222 valence electrons. The van der Waals surface area contributed by atoms with Gasteiger partial charge in [0.15, 0.2) is 5.79 Å². The van der Waals surface area contributed by atoms with Crippen molar-refractivity contribution < 1.29 is 18.7 Å². The zero-order chi connectivity index (χ0) is 29.6. The van der Waals surface area contributed by atoms with Gasteiger partial charge in [0.1, 0.15) is 5.82 Å². The maximum Gasteiger partial charge on any atom is 0.256 e. The molecule has 0 spiro atoms. The lowest BCUT2D eigenvalue weighted by Gasteiger charge is -2.55. The molecule has 41 heavy (non-hydrogen) atoms. The Morgan fingerprint density at radius 1 is 1.15 bits per heavy atom. The fourth-order valence-corrected chi connectivity index (χ4v) is 7.06. The Labute approximate surface area is 243 Å². The van der Waals surface area contributed by atoms with Crippen molar-refractivity contribution in [1.29, 1.82) is 0 Å². The van der Waals surface area contributed by atoms with Gasteiger partial charge in [-0.3, -0.25) is 14.7 Å². The van der Waals surface area contributed by atoms with E-state index in [4.69, 9.17) is 9.47 Å². The predicted molar refractivity (Wildman–Crippen MR) is 160 cm³/mol. The molecule has 1 saturated heterocycles. The first-order chi connectivity index (χ1) is 19.5. The standard InChI is InChI=1S/C33H45FN4O3/c1-20(2)31(25-13-33(14-25,40-7)41-8)37-17-23(18-37)11-24-19-38(29-16-35-15-22(5)30(24)29)28-10-9-26(34)12-27(28)32(39)36(6)21(3)4/h9-10,12,15-16,19-21,23,25,31H,11,13-14,17-18H2,1-8H3/t31-/m1/s1.